The van der Waals surface area contributed by atoms with Gasteiger partial charge in [0.25, 0.3) is 5.91 Å². The van der Waals surface area contributed by atoms with E-state index < -0.39 is 0 Å². The van der Waals surface area contributed by atoms with Crippen molar-refractivity contribution < 1.29 is 9.53 Å². The Bertz CT molecular complexity index is 923. The van der Waals surface area contributed by atoms with Gasteiger partial charge in [-0.2, -0.15) is 5.10 Å². The molecule has 1 aromatic carbocycles. The number of benzene rings is 1. The van der Waals surface area contributed by atoms with Crippen LogP contribution < -0.4 is 4.74 Å². The number of likely N-dealkylation sites (tertiary alicyclic amines) is 1. The molecule has 0 spiro atoms. The molecule has 0 aliphatic carbocycles. The normalized spacial score (nSPS) is 16.9. The molecule has 3 heterocycles. The first-order chi connectivity index (χ1) is 13.3. The number of piperidine rings is 1. The van der Waals surface area contributed by atoms with E-state index in [2.05, 4.69) is 15.2 Å². The Morgan fingerprint density at radius 2 is 2.11 bits per heavy atom. The number of carbonyl (C=O) groups excluding carboxylic acids is 1. The van der Waals surface area contributed by atoms with Gasteiger partial charge in [0.15, 0.2) is 0 Å². The Morgan fingerprint density at radius 1 is 1.22 bits per heavy atom. The van der Waals surface area contributed by atoms with Crippen LogP contribution in [0.4, 0.5) is 0 Å². The second-order valence-corrected chi connectivity index (χ2v) is 6.66. The van der Waals surface area contributed by atoms with Gasteiger partial charge in [0, 0.05) is 24.5 Å². The number of para-hydroxylation sites is 1. The van der Waals surface area contributed by atoms with E-state index in [0.29, 0.717) is 11.4 Å². The molecule has 0 unspecified atom stereocenters. The lowest BCUT2D eigenvalue weighted by atomic mass is 9.96. The molecule has 3 aromatic rings. The van der Waals surface area contributed by atoms with E-state index >= 15 is 0 Å². The number of pyridine rings is 1. The monoisotopic (exact) mass is 362 g/mol. The van der Waals surface area contributed by atoms with E-state index in [0.717, 1.165) is 42.7 Å². The fourth-order valence-corrected chi connectivity index (χ4v) is 3.67. The lowest BCUT2D eigenvalue weighted by molar-refractivity contribution is 0.0605. The van der Waals surface area contributed by atoms with E-state index in [-0.39, 0.29) is 11.9 Å². The van der Waals surface area contributed by atoms with Gasteiger partial charge in [-0.25, -0.2) is 0 Å². The molecule has 1 amide bonds. The van der Waals surface area contributed by atoms with E-state index in [1.165, 1.54) is 0 Å². The number of carbonyl (C=O) groups is 1. The minimum absolute atomic E-state index is 0.0304. The van der Waals surface area contributed by atoms with Gasteiger partial charge < -0.3 is 9.64 Å². The van der Waals surface area contributed by atoms with E-state index in [1.54, 1.807) is 19.4 Å². The van der Waals surface area contributed by atoms with Crippen molar-refractivity contribution in [1.29, 1.82) is 0 Å². The molecule has 1 aliphatic heterocycles. The van der Waals surface area contributed by atoms with Crippen LogP contribution in [0.1, 0.15) is 41.4 Å². The molecule has 6 nitrogen and oxygen atoms in total. The number of methoxy groups -OCH3 is 1. The summed E-state index contributed by atoms with van der Waals surface area (Å²) in [5, 5.41) is 7.26. The predicted octanol–water partition coefficient (Wildman–Crippen LogP) is 3.85. The van der Waals surface area contributed by atoms with Crippen molar-refractivity contribution >= 4 is 5.91 Å². The lowest BCUT2D eigenvalue weighted by Crippen LogP contribution is -2.38. The maximum atomic E-state index is 13.2. The first-order valence-corrected chi connectivity index (χ1v) is 9.17. The Labute approximate surface area is 158 Å². The number of hydrogen-bond donors (Lipinski definition) is 1. The average Bonchev–Trinajstić information content (AvgIpc) is 3.24. The smallest absolute Gasteiger partial charge is 0.272 e. The maximum absolute atomic E-state index is 13.2. The van der Waals surface area contributed by atoms with Gasteiger partial charge in [0.2, 0.25) is 0 Å². The Hall–Kier alpha value is -3.15. The van der Waals surface area contributed by atoms with Gasteiger partial charge in [0.05, 0.1) is 18.8 Å². The van der Waals surface area contributed by atoms with Crippen molar-refractivity contribution in [3.05, 3.63) is 66.1 Å². The molecule has 6 heteroatoms. The molecular formula is C21H22N4O2. The van der Waals surface area contributed by atoms with Crippen LogP contribution >= 0.6 is 0 Å². The average molecular weight is 362 g/mol. The molecular weight excluding hydrogens is 340 g/mol. The van der Waals surface area contributed by atoms with Crippen LogP contribution in [0, 0.1) is 0 Å². The third kappa shape index (κ3) is 3.43. The second kappa shape index (κ2) is 7.61. The minimum atomic E-state index is -0.0304. The number of nitrogens with one attached hydrogen (secondary N) is 1. The Morgan fingerprint density at radius 3 is 2.93 bits per heavy atom. The highest BCUT2D eigenvalue weighted by atomic mass is 16.5. The molecule has 0 bridgehead atoms. The molecule has 1 aliphatic rings. The fraction of sp³-hybridized carbons (Fsp3) is 0.286. The number of nitrogens with zero attached hydrogens (tertiary/aromatic N) is 3. The summed E-state index contributed by atoms with van der Waals surface area (Å²) in [5.41, 5.74) is 3.13. The van der Waals surface area contributed by atoms with Crippen LogP contribution in [-0.2, 0) is 0 Å². The molecule has 1 saturated heterocycles. The zero-order valence-corrected chi connectivity index (χ0v) is 15.3. The lowest BCUT2D eigenvalue weighted by Gasteiger charge is -2.35. The topological polar surface area (TPSA) is 71.1 Å². The molecule has 1 N–H and O–H groups in total. The quantitative estimate of drug-likeness (QED) is 0.765. The molecule has 0 radical (unpaired) electrons. The summed E-state index contributed by atoms with van der Waals surface area (Å²) in [6, 6.07) is 13.5. The summed E-state index contributed by atoms with van der Waals surface area (Å²) < 4.78 is 5.40. The first kappa shape index (κ1) is 17.3. The van der Waals surface area contributed by atoms with Crippen LogP contribution in [0.15, 0.2) is 54.9 Å². The number of ether oxygens (including phenoxy) is 1. The van der Waals surface area contributed by atoms with Gasteiger partial charge in [-0.1, -0.05) is 18.2 Å². The molecule has 1 fully saturated rings. The van der Waals surface area contributed by atoms with Crippen LogP contribution in [-0.4, -0.2) is 39.6 Å². The van der Waals surface area contributed by atoms with E-state index in [1.807, 2.05) is 47.5 Å². The largest absolute Gasteiger partial charge is 0.496 e. The number of H-pyrrole nitrogens is 1. The third-order valence-corrected chi connectivity index (χ3v) is 5.02. The van der Waals surface area contributed by atoms with Crippen molar-refractivity contribution in [2.45, 2.75) is 25.3 Å². The molecule has 0 saturated carbocycles. The van der Waals surface area contributed by atoms with Crippen molar-refractivity contribution in [1.82, 2.24) is 20.1 Å². The van der Waals surface area contributed by atoms with Gasteiger partial charge in [-0.05, 0) is 49.1 Å². The summed E-state index contributed by atoms with van der Waals surface area (Å²) in [4.78, 5) is 19.3. The molecule has 138 valence electrons. The highest BCUT2D eigenvalue weighted by molar-refractivity contribution is 5.94. The van der Waals surface area contributed by atoms with Gasteiger partial charge in [-0.3, -0.25) is 14.9 Å². The van der Waals surface area contributed by atoms with E-state index in [9.17, 15) is 4.79 Å². The van der Waals surface area contributed by atoms with Crippen molar-refractivity contribution in [2.24, 2.45) is 0 Å². The summed E-state index contributed by atoms with van der Waals surface area (Å²) in [5.74, 6) is 0.700. The summed E-state index contributed by atoms with van der Waals surface area (Å²) >= 11 is 0. The summed E-state index contributed by atoms with van der Waals surface area (Å²) in [6.45, 7) is 0.738. The number of amides is 1. The van der Waals surface area contributed by atoms with Gasteiger partial charge >= 0.3 is 0 Å². The zero-order chi connectivity index (χ0) is 18.6. The van der Waals surface area contributed by atoms with Crippen LogP contribution in [0.25, 0.3) is 11.3 Å². The zero-order valence-electron chi connectivity index (χ0n) is 15.3. The first-order valence-electron chi connectivity index (χ1n) is 9.17. The maximum Gasteiger partial charge on any atom is 0.272 e. The minimum Gasteiger partial charge on any atom is -0.496 e. The molecule has 2 aromatic heterocycles. The van der Waals surface area contributed by atoms with Crippen LogP contribution in [0.5, 0.6) is 5.75 Å². The van der Waals surface area contributed by atoms with Crippen molar-refractivity contribution in [3.8, 4) is 17.0 Å². The molecule has 27 heavy (non-hydrogen) atoms. The third-order valence-electron chi connectivity index (χ3n) is 5.02. The molecule has 1 atom stereocenters. The van der Waals surface area contributed by atoms with Crippen molar-refractivity contribution in [2.75, 3.05) is 13.7 Å². The van der Waals surface area contributed by atoms with E-state index in [4.69, 9.17) is 4.74 Å². The molecule has 4 rings (SSSR count). The SMILES string of the molecule is COc1ccccc1-c1cc(C(=O)N2CCCC[C@H]2c2cccnc2)[nH]n1. The number of aromatic nitrogens is 3. The summed E-state index contributed by atoms with van der Waals surface area (Å²) in [7, 11) is 1.63. The standard InChI is InChI=1S/C21H22N4O2/c1-27-20-10-3-2-8-16(20)17-13-18(24-23-17)21(26)25-12-5-4-9-19(25)15-7-6-11-22-14-15/h2-3,6-8,10-11,13-14,19H,4-5,9,12H2,1H3,(H,23,24)/t19-/m0/s1. The number of hydrogen-bond acceptors (Lipinski definition) is 4. The highest BCUT2D eigenvalue weighted by Crippen LogP contribution is 2.33. The summed E-state index contributed by atoms with van der Waals surface area (Å²) in [6.07, 6.45) is 6.68. The van der Waals surface area contributed by atoms with Crippen molar-refractivity contribution in [3.63, 3.8) is 0 Å². The van der Waals surface area contributed by atoms with Gasteiger partial charge in [-0.15, -0.1) is 0 Å². The number of rotatable bonds is 4. The predicted molar refractivity (Wildman–Crippen MR) is 102 cm³/mol. The highest BCUT2D eigenvalue weighted by Gasteiger charge is 2.30. The fourth-order valence-electron chi connectivity index (χ4n) is 3.67. The van der Waals surface area contributed by atoms with Crippen LogP contribution in [0.2, 0.25) is 0 Å². The van der Waals surface area contributed by atoms with Crippen LogP contribution in [0.3, 0.4) is 0 Å². The Balaban J connectivity index is 1.61. The number of aromatic amines is 1. The Kier molecular flexibility index (Phi) is 4.87. The van der Waals surface area contributed by atoms with Gasteiger partial charge in [0.1, 0.15) is 11.4 Å². The second-order valence-electron chi connectivity index (χ2n) is 6.66.